The van der Waals surface area contributed by atoms with E-state index in [1.165, 1.54) is 0 Å². The standard InChI is InChI=1S/C14H17F3N2O4/c1-5-11(20)13(22)12(21)8(19-5)4-18-14(23)9-6(15)2-3-7(16)10(9)17/h2-3,5,8,11-13,19-22H,4H2,1H3,(H,18,23)/t5-,8+,11+,12+,13+/m0/s1. The Labute approximate surface area is 129 Å². The van der Waals surface area contributed by atoms with Gasteiger partial charge >= 0.3 is 0 Å². The van der Waals surface area contributed by atoms with E-state index in [1.54, 1.807) is 6.92 Å². The third-order valence-electron chi connectivity index (χ3n) is 3.85. The molecule has 0 unspecified atom stereocenters. The molecule has 9 heteroatoms. The van der Waals surface area contributed by atoms with Crippen molar-refractivity contribution in [1.29, 1.82) is 0 Å². The van der Waals surface area contributed by atoms with Crippen LogP contribution in [-0.2, 0) is 0 Å². The summed E-state index contributed by atoms with van der Waals surface area (Å²) in [5, 5.41) is 34.0. The Morgan fingerprint density at radius 3 is 2.39 bits per heavy atom. The van der Waals surface area contributed by atoms with Gasteiger partial charge in [0.15, 0.2) is 11.6 Å². The fourth-order valence-electron chi connectivity index (χ4n) is 2.48. The van der Waals surface area contributed by atoms with Crippen LogP contribution in [0, 0.1) is 17.5 Å². The third kappa shape index (κ3) is 3.47. The van der Waals surface area contributed by atoms with E-state index in [0.717, 1.165) is 0 Å². The number of carbonyl (C=O) groups excluding carboxylic acids is 1. The van der Waals surface area contributed by atoms with Crippen molar-refractivity contribution in [3.63, 3.8) is 0 Å². The van der Waals surface area contributed by atoms with Gasteiger partial charge < -0.3 is 26.0 Å². The smallest absolute Gasteiger partial charge is 0.257 e. The molecule has 128 valence electrons. The molecule has 0 aromatic heterocycles. The number of hydrogen-bond acceptors (Lipinski definition) is 5. The molecule has 1 aromatic rings. The molecule has 1 amide bonds. The van der Waals surface area contributed by atoms with Gasteiger partial charge in [0.2, 0.25) is 0 Å². The zero-order valence-electron chi connectivity index (χ0n) is 12.1. The van der Waals surface area contributed by atoms with Crippen molar-refractivity contribution in [2.75, 3.05) is 6.54 Å². The Hall–Kier alpha value is -1.68. The molecular weight excluding hydrogens is 317 g/mol. The van der Waals surface area contributed by atoms with E-state index in [4.69, 9.17) is 0 Å². The average Bonchev–Trinajstić information content (AvgIpc) is 2.51. The summed E-state index contributed by atoms with van der Waals surface area (Å²) in [7, 11) is 0. The molecule has 5 atom stereocenters. The van der Waals surface area contributed by atoms with Crippen LogP contribution < -0.4 is 10.6 Å². The van der Waals surface area contributed by atoms with E-state index in [0.29, 0.717) is 12.1 Å². The van der Waals surface area contributed by atoms with E-state index in [1.807, 2.05) is 0 Å². The van der Waals surface area contributed by atoms with Crippen LogP contribution in [0.1, 0.15) is 17.3 Å². The highest BCUT2D eigenvalue weighted by atomic mass is 19.2. The molecule has 1 heterocycles. The highest BCUT2D eigenvalue weighted by Gasteiger charge is 2.40. The molecule has 1 saturated heterocycles. The van der Waals surface area contributed by atoms with Gasteiger partial charge in [0.25, 0.3) is 5.91 Å². The predicted molar refractivity (Wildman–Crippen MR) is 73.1 cm³/mol. The molecule has 1 aliphatic heterocycles. The Morgan fingerprint density at radius 2 is 1.74 bits per heavy atom. The van der Waals surface area contributed by atoms with Crippen molar-refractivity contribution in [1.82, 2.24) is 10.6 Å². The number of aliphatic hydroxyl groups is 3. The van der Waals surface area contributed by atoms with Crippen molar-refractivity contribution in [2.24, 2.45) is 0 Å². The van der Waals surface area contributed by atoms with E-state index in [9.17, 15) is 33.3 Å². The molecular formula is C14H17F3N2O4. The second-order valence-electron chi connectivity index (χ2n) is 5.46. The van der Waals surface area contributed by atoms with Crippen LogP contribution in [0.5, 0.6) is 0 Å². The number of halogens is 3. The molecule has 23 heavy (non-hydrogen) atoms. The largest absolute Gasteiger partial charge is 0.389 e. The minimum absolute atomic E-state index is 0.288. The zero-order chi connectivity index (χ0) is 17.3. The lowest BCUT2D eigenvalue weighted by molar-refractivity contribution is -0.109. The second kappa shape index (κ2) is 6.83. The summed E-state index contributed by atoms with van der Waals surface area (Å²) >= 11 is 0. The molecule has 6 nitrogen and oxygen atoms in total. The fraction of sp³-hybridized carbons (Fsp3) is 0.500. The van der Waals surface area contributed by atoms with Crippen molar-refractivity contribution >= 4 is 5.91 Å². The van der Waals surface area contributed by atoms with Gasteiger partial charge in [0.05, 0.1) is 18.2 Å². The van der Waals surface area contributed by atoms with Crippen LogP contribution >= 0.6 is 0 Å². The van der Waals surface area contributed by atoms with Crippen molar-refractivity contribution in [3.8, 4) is 0 Å². The Morgan fingerprint density at radius 1 is 1.13 bits per heavy atom. The first-order valence-corrected chi connectivity index (χ1v) is 6.96. The minimum Gasteiger partial charge on any atom is -0.389 e. The normalized spacial score (nSPS) is 31.0. The molecule has 5 N–H and O–H groups in total. The Bertz CT molecular complexity index is 602. The van der Waals surface area contributed by atoms with E-state index in [2.05, 4.69) is 10.6 Å². The number of benzene rings is 1. The first kappa shape index (κ1) is 17.7. The summed E-state index contributed by atoms with van der Waals surface area (Å²) in [6.07, 6.45) is -4.03. The van der Waals surface area contributed by atoms with Crippen LogP contribution in [0.4, 0.5) is 13.2 Å². The van der Waals surface area contributed by atoms with E-state index in [-0.39, 0.29) is 6.54 Å². The summed E-state index contributed by atoms with van der Waals surface area (Å²) in [6.45, 7) is 1.27. The average molecular weight is 334 g/mol. The van der Waals surface area contributed by atoms with Gasteiger partial charge in [0, 0.05) is 12.6 Å². The first-order valence-electron chi connectivity index (χ1n) is 6.96. The van der Waals surface area contributed by atoms with Gasteiger partial charge in [0.1, 0.15) is 17.5 Å². The van der Waals surface area contributed by atoms with E-state index >= 15 is 0 Å². The number of carbonyl (C=O) groups is 1. The topological polar surface area (TPSA) is 102 Å². The lowest BCUT2D eigenvalue weighted by atomic mass is 9.91. The van der Waals surface area contributed by atoms with Gasteiger partial charge in [-0.25, -0.2) is 13.2 Å². The monoisotopic (exact) mass is 334 g/mol. The van der Waals surface area contributed by atoms with Crippen molar-refractivity contribution in [3.05, 3.63) is 35.1 Å². The summed E-state index contributed by atoms with van der Waals surface area (Å²) in [5.41, 5.74) is -1.07. The van der Waals surface area contributed by atoms with Crippen LogP contribution in [0.2, 0.25) is 0 Å². The third-order valence-corrected chi connectivity index (χ3v) is 3.85. The van der Waals surface area contributed by atoms with Gasteiger partial charge in [-0.15, -0.1) is 0 Å². The zero-order valence-corrected chi connectivity index (χ0v) is 12.1. The molecule has 1 aromatic carbocycles. The first-order chi connectivity index (χ1) is 10.7. The van der Waals surface area contributed by atoms with Gasteiger partial charge in [-0.1, -0.05) is 0 Å². The van der Waals surface area contributed by atoms with Crippen molar-refractivity contribution in [2.45, 2.75) is 37.3 Å². The second-order valence-corrected chi connectivity index (χ2v) is 5.46. The molecule has 0 aliphatic carbocycles. The Kier molecular flexibility index (Phi) is 5.25. The quantitative estimate of drug-likeness (QED) is 0.470. The molecule has 0 radical (unpaired) electrons. The number of rotatable bonds is 3. The number of nitrogens with one attached hydrogen (secondary N) is 2. The number of amides is 1. The number of aliphatic hydroxyl groups excluding tert-OH is 3. The van der Waals surface area contributed by atoms with Gasteiger partial charge in [-0.3, -0.25) is 4.79 Å². The lowest BCUT2D eigenvalue weighted by Gasteiger charge is -2.40. The molecule has 1 fully saturated rings. The van der Waals surface area contributed by atoms with Crippen LogP contribution in [0.3, 0.4) is 0 Å². The molecule has 0 spiro atoms. The highest BCUT2D eigenvalue weighted by Crippen LogP contribution is 2.17. The highest BCUT2D eigenvalue weighted by molar-refractivity contribution is 5.94. The van der Waals surface area contributed by atoms with Crippen LogP contribution in [0.15, 0.2) is 12.1 Å². The maximum Gasteiger partial charge on any atom is 0.257 e. The molecule has 2 rings (SSSR count). The lowest BCUT2D eigenvalue weighted by Crippen LogP contribution is -2.66. The maximum atomic E-state index is 13.5. The fourth-order valence-corrected chi connectivity index (χ4v) is 2.48. The van der Waals surface area contributed by atoms with Crippen LogP contribution in [-0.4, -0.2) is 58.2 Å². The number of hydrogen-bond donors (Lipinski definition) is 5. The van der Waals surface area contributed by atoms with Crippen molar-refractivity contribution < 1.29 is 33.3 Å². The Balaban J connectivity index is 2.07. The summed E-state index contributed by atoms with van der Waals surface area (Å²) in [5.74, 6) is -5.38. The molecule has 1 aliphatic rings. The van der Waals surface area contributed by atoms with Gasteiger partial charge in [-0.05, 0) is 19.1 Å². The maximum absolute atomic E-state index is 13.5. The number of piperidine rings is 1. The summed E-state index contributed by atoms with van der Waals surface area (Å²) in [6, 6.07) is -0.235. The predicted octanol–water partition coefficient (Wildman–Crippen LogP) is -0.723. The van der Waals surface area contributed by atoms with Gasteiger partial charge in [-0.2, -0.15) is 0 Å². The van der Waals surface area contributed by atoms with E-state index < -0.39 is 59.3 Å². The SMILES string of the molecule is C[C@@H]1N[C@H](CNC(=O)c2c(F)ccc(F)c2F)[C@@H](O)[C@H](O)[C@@H]1O. The van der Waals surface area contributed by atoms with Crippen LogP contribution in [0.25, 0.3) is 0 Å². The summed E-state index contributed by atoms with van der Waals surface area (Å²) < 4.78 is 40.1. The minimum atomic E-state index is -1.61. The molecule has 0 saturated carbocycles. The molecule has 0 bridgehead atoms. The summed E-state index contributed by atoms with van der Waals surface area (Å²) in [4.78, 5) is 11.8.